The summed E-state index contributed by atoms with van der Waals surface area (Å²) in [5.41, 5.74) is 6.82. The van der Waals surface area contributed by atoms with E-state index in [1.54, 1.807) is 6.21 Å². The lowest BCUT2D eigenvalue weighted by Gasteiger charge is -2.11. The maximum Gasteiger partial charge on any atom is 0.210 e. The third-order valence-electron chi connectivity index (χ3n) is 5.26. The Labute approximate surface area is 180 Å². The molecule has 1 saturated heterocycles. The predicted octanol–water partition coefficient (Wildman–Crippen LogP) is 3.46. The van der Waals surface area contributed by atoms with Gasteiger partial charge >= 0.3 is 0 Å². The van der Waals surface area contributed by atoms with Gasteiger partial charge in [-0.2, -0.15) is 5.10 Å². The van der Waals surface area contributed by atoms with Gasteiger partial charge in [0.25, 0.3) is 0 Å². The van der Waals surface area contributed by atoms with E-state index in [9.17, 15) is 4.79 Å². The first kappa shape index (κ1) is 20.3. The third kappa shape index (κ3) is 4.27. The minimum absolute atomic E-state index is 0.0179. The second kappa shape index (κ2) is 9.19. The van der Waals surface area contributed by atoms with Gasteiger partial charge in [-0.15, -0.1) is 0 Å². The maximum atomic E-state index is 13.2. The fourth-order valence-corrected chi connectivity index (χ4v) is 3.87. The topological polar surface area (TPSA) is 67.1 Å². The summed E-state index contributed by atoms with van der Waals surface area (Å²) in [6.07, 6.45) is 5.96. The molecule has 3 heterocycles. The highest BCUT2D eigenvalue weighted by molar-refractivity contribution is 7.80. The molecule has 7 heteroatoms. The van der Waals surface area contributed by atoms with Crippen LogP contribution in [0.4, 0.5) is 0 Å². The molecule has 1 atom stereocenters. The summed E-state index contributed by atoms with van der Waals surface area (Å²) < 4.78 is 7.50. The van der Waals surface area contributed by atoms with E-state index in [-0.39, 0.29) is 11.9 Å². The zero-order valence-corrected chi connectivity index (χ0v) is 17.6. The molecule has 0 radical (unpaired) electrons. The van der Waals surface area contributed by atoms with Crippen LogP contribution in [0, 0.1) is 6.92 Å². The number of benzene rings is 1. The number of hydrogen-bond acceptors (Lipinski definition) is 4. The first-order chi connectivity index (χ1) is 14.6. The van der Waals surface area contributed by atoms with E-state index in [2.05, 4.69) is 15.8 Å². The largest absolute Gasteiger partial charge is 0.376 e. The summed E-state index contributed by atoms with van der Waals surface area (Å²) in [6, 6.07) is 15.1. The SMILES string of the molecule is Cc1c(/C=N\NC(=S)NC[C@H]2CCCO2)c2ccccn2c1C(=O)c1ccccc1. The lowest BCUT2D eigenvalue weighted by Crippen LogP contribution is -2.37. The van der Waals surface area contributed by atoms with Crippen molar-refractivity contribution in [2.75, 3.05) is 13.2 Å². The smallest absolute Gasteiger partial charge is 0.210 e. The summed E-state index contributed by atoms with van der Waals surface area (Å²) in [5, 5.41) is 7.88. The summed E-state index contributed by atoms with van der Waals surface area (Å²) in [7, 11) is 0. The van der Waals surface area contributed by atoms with Crippen molar-refractivity contribution >= 4 is 34.8 Å². The molecule has 3 aromatic rings. The zero-order chi connectivity index (χ0) is 20.9. The lowest BCUT2D eigenvalue weighted by atomic mass is 10.0. The van der Waals surface area contributed by atoms with Crippen LogP contribution in [0.25, 0.3) is 5.52 Å². The summed E-state index contributed by atoms with van der Waals surface area (Å²) in [6.45, 7) is 3.43. The van der Waals surface area contributed by atoms with Crippen molar-refractivity contribution in [1.82, 2.24) is 15.1 Å². The minimum Gasteiger partial charge on any atom is -0.376 e. The zero-order valence-electron chi connectivity index (χ0n) is 16.8. The van der Waals surface area contributed by atoms with Crippen molar-refractivity contribution in [3.05, 3.63) is 77.1 Å². The maximum absolute atomic E-state index is 13.2. The van der Waals surface area contributed by atoms with Crippen LogP contribution in [-0.2, 0) is 4.74 Å². The van der Waals surface area contributed by atoms with Gasteiger partial charge < -0.3 is 14.5 Å². The van der Waals surface area contributed by atoms with E-state index >= 15 is 0 Å². The summed E-state index contributed by atoms with van der Waals surface area (Å²) >= 11 is 5.29. The molecule has 1 aromatic carbocycles. The number of hydrogen-bond donors (Lipinski definition) is 2. The van der Waals surface area contributed by atoms with Crippen molar-refractivity contribution in [3.63, 3.8) is 0 Å². The number of nitrogens with one attached hydrogen (secondary N) is 2. The van der Waals surface area contributed by atoms with Gasteiger partial charge in [-0.05, 0) is 49.7 Å². The molecule has 0 unspecified atom stereocenters. The van der Waals surface area contributed by atoms with Crippen LogP contribution in [0.5, 0.6) is 0 Å². The van der Waals surface area contributed by atoms with Crippen molar-refractivity contribution in [1.29, 1.82) is 0 Å². The quantitative estimate of drug-likeness (QED) is 0.277. The van der Waals surface area contributed by atoms with Crippen LogP contribution in [0.2, 0.25) is 0 Å². The molecule has 1 fully saturated rings. The van der Waals surface area contributed by atoms with Crippen LogP contribution in [-0.4, -0.2) is 40.8 Å². The van der Waals surface area contributed by atoms with Crippen LogP contribution in [0.15, 0.2) is 59.8 Å². The van der Waals surface area contributed by atoms with Gasteiger partial charge in [0.15, 0.2) is 5.11 Å². The van der Waals surface area contributed by atoms with Gasteiger partial charge in [-0.3, -0.25) is 10.2 Å². The van der Waals surface area contributed by atoms with E-state index in [0.29, 0.717) is 22.9 Å². The van der Waals surface area contributed by atoms with Crippen LogP contribution in [0.1, 0.15) is 40.0 Å². The molecule has 2 N–H and O–H groups in total. The van der Waals surface area contributed by atoms with Crippen molar-refractivity contribution in [2.45, 2.75) is 25.9 Å². The number of thiocarbonyl (C=S) groups is 1. The van der Waals surface area contributed by atoms with Crippen LogP contribution < -0.4 is 10.7 Å². The van der Waals surface area contributed by atoms with Gasteiger partial charge in [-0.1, -0.05) is 36.4 Å². The van der Waals surface area contributed by atoms with Crippen molar-refractivity contribution in [3.8, 4) is 0 Å². The Morgan fingerprint density at radius 1 is 1.27 bits per heavy atom. The Morgan fingerprint density at radius 3 is 2.83 bits per heavy atom. The van der Waals surface area contributed by atoms with E-state index in [4.69, 9.17) is 17.0 Å². The number of fused-ring (bicyclic) bond motifs is 1. The Hall–Kier alpha value is -3.03. The first-order valence-corrected chi connectivity index (χ1v) is 10.4. The van der Waals surface area contributed by atoms with Crippen LogP contribution >= 0.6 is 12.2 Å². The Bertz CT molecular complexity index is 1090. The molecule has 6 nitrogen and oxygen atoms in total. The molecule has 1 aliphatic heterocycles. The second-order valence-electron chi connectivity index (χ2n) is 7.25. The minimum atomic E-state index is -0.0179. The van der Waals surface area contributed by atoms with E-state index < -0.39 is 0 Å². The molecule has 2 aromatic heterocycles. The number of ketones is 1. The Balaban J connectivity index is 1.54. The molecule has 1 aliphatic rings. The third-order valence-corrected chi connectivity index (χ3v) is 5.50. The standard InChI is InChI=1S/C23H24N4O2S/c1-16-19(15-25-26-23(30)24-14-18-10-7-13-29-18)20-11-5-6-12-27(20)21(16)22(28)17-8-3-2-4-9-17/h2-6,8-9,11-12,15,18H,7,10,13-14H2,1H3,(H2,24,26,30)/b25-15-/t18-/m1/s1. The monoisotopic (exact) mass is 420 g/mol. The Morgan fingerprint density at radius 2 is 2.07 bits per heavy atom. The normalized spacial score (nSPS) is 16.2. The number of carbonyl (C=O) groups is 1. The number of hydrazone groups is 1. The number of aromatic nitrogens is 1. The van der Waals surface area contributed by atoms with Gasteiger partial charge in [0.05, 0.1) is 23.5 Å². The molecule has 0 aliphatic carbocycles. The highest BCUT2D eigenvalue weighted by Gasteiger charge is 2.20. The number of carbonyl (C=O) groups excluding carboxylic acids is 1. The number of rotatable bonds is 6. The van der Waals surface area contributed by atoms with Crippen molar-refractivity contribution in [2.24, 2.45) is 5.10 Å². The van der Waals surface area contributed by atoms with E-state index in [0.717, 1.165) is 36.1 Å². The van der Waals surface area contributed by atoms with Gasteiger partial charge in [0, 0.05) is 30.5 Å². The highest BCUT2D eigenvalue weighted by Crippen LogP contribution is 2.24. The molecular weight excluding hydrogens is 396 g/mol. The second-order valence-corrected chi connectivity index (χ2v) is 7.66. The lowest BCUT2D eigenvalue weighted by molar-refractivity contribution is 0.103. The van der Waals surface area contributed by atoms with Crippen molar-refractivity contribution < 1.29 is 9.53 Å². The van der Waals surface area contributed by atoms with Gasteiger partial charge in [-0.25, -0.2) is 0 Å². The molecule has 154 valence electrons. The highest BCUT2D eigenvalue weighted by atomic mass is 32.1. The number of ether oxygens (including phenoxy) is 1. The summed E-state index contributed by atoms with van der Waals surface area (Å²) in [5.74, 6) is -0.0179. The first-order valence-electron chi connectivity index (χ1n) is 10.0. The number of nitrogens with zero attached hydrogens (tertiary/aromatic N) is 2. The van der Waals surface area contributed by atoms with Gasteiger partial charge in [0.2, 0.25) is 5.78 Å². The summed E-state index contributed by atoms with van der Waals surface area (Å²) in [4.78, 5) is 13.2. The molecule has 4 rings (SSSR count). The fraction of sp³-hybridized carbons (Fsp3) is 0.261. The molecule has 0 amide bonds. The van der Waals surface area contributed by atoms with E-state index in [1.165, 1.54) is 0 Å². The predicted molar refractivity (Wildman–Crippen MR) is 122 cm³/mol. The number of pyridine rings is 1. The Kier molecular flexibility index (Phi) is 6.21. The molecule has 0 saturated carbocycles. The molecule has 0 bridgehead atoms. The fourth-order valence-electron chi connectivity index (χ4n) is 3.73. The molecule has 30 heavy (non-hydrogen) atoms. The van der Waals surface area contributed by atoms with Gasteiger partial charge in [0.1, 0.15) is 0 Å². The average Bonchev–Trinajstić information content (AvgIpc) is 3.39. The van der Waals surface area contributed by atoms with Crippen LogP contribution in [0.3, 0.4) is 0 Å². The average molecular weight is 421 g/mol. The van der Waals surface area contributed by atoms with E-state index in [1.807, 2.05) is 66.1 Å². The molecule has 0 spiro atoms. The molecular formula is C23H24N4O2S.